The highest BCUT2D eigenvalue weighted by Gasteiger charge is 2.30. The summed E-state index contributed by atoms with van der Waals surface area (Å²) in [6.07, 6.45) is 5.70. The van der Waals surface area contributed by atoms with Crippen molar-refractivity contribution >= 4 is 15.9 Å². The van der Waals surface area contributed by atoms with E-state index in [-0.39, 0.29) is 0 Å². The molecule has 1 unspecified atom stereocenters. The molecule has 14 heavy (non-hydrogen) atoms. The molecule has 1 aliphatic rings. The lowest BCUT2D eigenvalue weighted by molar-refractivity contribution is -0.0326. The van der Waals surface area contributed by atoms with Crippen LogP contribution in [-0.4, -0.2) is 10.9 Å². The Labute approximate surface area is 84.4 Å². The molecule has 1 heterocycles. The van der Waals surface area contributed by atoms with Gasteiger partial charge in [-0.15, -0.1) is 0 Å². The van der Waals surface area contributed by atoms with Crippen LogP contribution in [0.4, 0.5) is 13.2 Å². The molecule has 0 N–H and O–H groups in total. The maximum Gasteiger partial charge on any atom is 0.440 e. The average Bonchev–Trinajstić information content (AvgIpc) is 2.14. The van der Waals surface area contributed by atoms with Crippen LogP contribution < -0.4 is 0 Å². The second-order valence-electron chi connectivity index (χ2n) is 2.96. The molecule has 1 aliphatic heterocycles. The van der Waals surface area contributed by atoms with Crippen molar-refractivity contribution in [1.82, 2.24) is 0 Å². The quantitative estimate of drug-likeness (QED) is 0.631. The zero-order chi connectivity index (χ0) is 10.6. The summed E-state index contributed by atoms with van der Waals surface area (Å²) in [6, 6.07) is 0. The Morgan fingerprint density at radius 3 is 2.50 bits per heavy atom. The molecule has 0 amide bonds. The molecule has 0 aliphatic carbocycles. The number of hydrogen-bond donors (Lipinski definition) is 0. The Morgan fingerprint density at radius 2 is 2.07 bits per heavy atom. The van der Waals surface area contributed by atoms with Crippen LogP contribution in [0.1, 0.15) is 19.3 Å². The highest BCUT2D eigenvalue weighted by Crippen LogP contribution is 2.39. The summed E-state index contributed by atoms with van der Waals surface area (Å²) in [5, 5.41) is 2.47. The molecule has 4 heteroatoms. The van der Waals surface area contributed by atoms with Crippen molar-refractivity contribution in [2.75, 3.05) is 0 Å². The summed E-state index contributed by atoms with van der Waals surface area (Å²) in [6.45, 7) is 3.68. The summed E-state index contributed by atoms with van der Waals surface area (Å²) in [7, 11) is -1.69. The highest BCUT2D eigenvalue weighted by molar-refractivity contribution is 8.18. The van der Waals surface area contributed by atoms with Gasteiger partial charge in [-0.1, -0.05) is 36.0 Å². The molecule has 0 saturated heterocycles. The Morgan fingerprint density at radius 1 is 1.36 bits per heavy atom. The van der Waals surface area contributed by atoms with E-state index < -0.39 is 16.0 Å². The second kappa shape index (κ2) is 4.82. The van der Waals surface area contributed by atoms with Crippen LogP contribution >= 0.6 is 10.5 Å². The number of halogens is 3. The van der Waals surface area contributed by atoms with Gasteiger partial charge < -0.3 is 0 Å². The van der Waals surface area contributed by atoms with Crippen molar-refractivity contribution in [2.24, 2.45) is 0 Å². The van der Waals surface area contributed by atoms with Crippen LogP contribution in [0.15, 0.2) is 23.1 Å². The predicted molar refractivity (Wildman–Crippen MR) is 56.1 cm³/mol. The fraction of sp³-hybridized carbons (Fsp3) is 0.400. The second-order valence-corrected chi connectivity index (χ2v) is 4.71. The van der Waals surface area contributed by atoms with Gasteiger partial charge in [-0.2, -0.15) is 13.2 Å². The molecule has 0 aromatic carbocycles. The molecule has 0 aromatic rings. The van der Waals surface area contributed by atoms with E-state index in [1.54, 1.807) is 12.2 Å². The van der Waals surface area contributed by atoms with Gasteiger partial charge in [0.15, 0.2) is 0 Å². The van der Waals surface area contributed by atoms with Crippen LogP contribution in [0, 0.1) is 6.92 Å². The maximum atomic E-state index is 12.2. The van der Waals surface area contributed by atoms with Crippen molar-refractivity contribution in [1.29, 1.82) is 0 Å². The molecule has 1 radical (unpaired) electrons. The zero-order valence-electron chi connectivity index (χ0n) is 7.68. The summed E-state index contributed by atoms with van der Waals surface area (Å²) >= 11 is 0. The first kappa shape index (κ1) is 11.6. The third-order valence-electron chi connectivity index (χ3n) is 1.84. The third kappa shape index (κ3) is 3.33. The molecule has 1 rings (SSSR count). The average molecular weight is 221 g/mol. The van der Waals surface area contributed by atoms with E-state index >= 15 is 0 Å². The van der Waals surface area contributed by atoms with Gasteiger partial charge >= 0.3 is 5.51 Å². The largest absolute Gasteiger partial charge is 0.440 e. The van der Waals surface area contributed by atoms with E-state index in [2.05, 4.69) is 6.92 Å². The lowest BCUT2D eigenvalue weighted by Gasteiger charge is -2.12. The van der Waals surface area contributed by atoms with Gasteiger partial charge in [0.25, 0.3) is 0 Å². The van der Waals surface area contributed by atoms with E-state index in [9.17, 15) is 13.2 Å². The van der Waals surface area contributed by atoms with Crippen LogP contribution in [0.5, 0.6) is 0 Å². The van der Waals surface area contributed by atoms with E-state index in [0.717, 1.165) is 24.8 Å². The Bertz CT molecular complexity index is 284. The fourth-order valence-corrected chi connectivity index (χ4v) is 2.11. The van der Waals surface area contributed by atoms with E-state index in [0.29, 0.717) is 0 Å². The van der Waals surface area contributed by atoms with Gasteiger partial charge in [0.05, 0.1) is 0 Å². The molecule has 0 bridgehead atoms. The van der Waals surface area contributed by atoms with Gasteiger partial charge in [0.1, 0.15) is 0 Å². The molecule has 79 valence electrons. The molecule has 0 saturated carbocycles. The van der Waals surface area contributed by atoms with Crippen LogP contribution in [0.3, 0.4) is 0 Å². The topological polar surface area (TPSA) is 0 Å². The number of rotatable bonds is 3. The summed E-state index contributed by atoms with van der Waals surface area (Å²) in [5.74, 6) is 0. The minimum absolute atomic E-state index is 0.811. The van der Waals surface area contributed by atoms with Crippen molar-refractivity contribution in [3.8, 4) is 0 Å². The van der Waals surface area contributed by atoms with Gasteiger partial charge in [0.2, 0.25) is 0 Å². The number of alkyl halides is 3. The molecular formula is C10H12F3S. The van der Waals surface area contributed by atoms with Crippen molar-refractivity contribution in [3.05, 3.63) is 30.1 Å². The van der Waals surface area contributed by atoms with Crippen LogP contribution in [0.2, 0.25) is 0 Å². The Balaban J connectivity index is 2.62. The summed E-state index contributed by atoms with van der Waals surface area (Å²) < 4.78 is 36.6. The van der Waals surface area contributed by atoms with Gasteiger partial charge in [-0.25, -0.2) is 0 Å². The molecular weight excluding hydrogens is 209 g/mol. The standard InChI is InChI=1S/C10H12F3S/c1-2-3-4-9-5-7-14(8-6-9)10(11,12)13/h5-8H,1-4H2. The smallest absolute Gasteiger partial charge is 0.160 e. The first-order valence-corrected chi connectivity index (χ1v) is 5.69. The van der Waals surface area contributed by atoms with E-state index in [4.69, 9.17) is 0 Å². The predicted octanol–water partition coefficient (Wildman–Crippen LogP) is 4.04. The van der Waals surface area contributed by atoms with Gasteiger partial charge in [-0.3, -0.25) is 0 Å². The normalized spacial score (nSPS) is 21.7. The maximum absolute atomic E-state index is 12.2. The van der Waals surface area contributed by atoms with Gasteiger partial charge in [0, 0.05) is 0 Å². The third-order valence-corrected chi connectivity index (χ3v) is 3.23. The molecule has 0 fully saturated rings. The van der Waals surface area contributed by atoms with Crippen LogP contribution in [-0.2, 0) is 0 Å². The molecule has 1 atom stereocenters. The lowest BCUT2D eigenvalue weighted by atomic mass is 10.1. The summed E-state index contributed by atoms with van der Waals surface area (Å²) in [5.41, 5.74) is -3.16. The van der Waals surface area contributed by atoms with Gasteiger partial charge in [-0.05, 0) is 29.2 Å². The number of allylic oxidation sites excluding steroid dienone is 3. The first-order chi connectivity index (χ1) is 6.54. The Kier molecular flexibility index (Phi) is 3.98. The van der Waals surface area contributed by atoms with Crippen LogP contribution in [0.25, 0.3) is 0 Å². The molecule has 0 aromatic heterocycles. The van der Waals surface area contributed by atoms with E-state index in [1.165, 1.54) is 10.8 Å². The Hall–Kier alpha value is -0.510. The molecule has 0 nitrogen and oxygen atoms in total. The minimum atomic E-state index is -4.12. The zero-order valence-corrected chi connectivity index (χ0v) is 8.50. The first-order valence-electron chi connectivity index (χ1n) is 4.34. The number of hydrogen-bond acceptors (Lipinski definition) is 0. The van der Waals surface area contributed by atoms with Crippen molar-refractivity contribution in [3.63, 3.8) is 0 Å². The monoisotopic (exact) mass is 221 g/mol. The SMILES string of the molecule is [CH2]CCCC1=CC=S(C(F)(F)F)C=C1. The summed E-state index contributed by atoms with van der Waals surface area (Å²) in [4.78, 5) is 0. The minimum Gasteiger partial charge on any atom is -0.160 e. The lowest BCUT2D eigenvalue weighted by Crippen LogP contribution is -2.04. The highest BCUT2D eigenvalue weighted by atomic mass is 32.2. The fourth-order valence-electron chi connectivity index (χ4n) is 1.07. The van der Waals surface area contributed by atoms with Crippen molar-refractivity contribution < 1.29 is 13.2 Å². The molecule has 0 spiro atoms. The number of unbranched alkanes of at least 4 members (excludes halogenated alkanes) is 1. The van der Waals surface area contributed by atoms with E-state index in [1.807, 2.05) is 0 Å². The van der Waals surface area contributed by atoms with Crippen molar-refractivity contribution in [2.45, 2.75) is 24.8 Å².